The summed E-state index contributed by atoms with van der Waals surface area (Å²) in [5, 5.41) is 16.5. The van der Waals surface area contributed by atoms with Crippen LogP contribution in [0.2, 0.25) is 0 Å². The lowest BCUT2D eigenvalue weighted by molar-refractivity contribution is -0.137. The van der Waals surface area contributed by atoms with E-state index in [2.05, 4.69) is 35.8 Å². The number of benzene rings is 2. The van der Waals surface area contributed by atoms with Gasteiger partial charge in [-0.2, -0.15) is 13.2 Å². The summed E-state index contributed by atoms with van der Waals surface area (Å²) in [6, 6.07) is 12.5. The molecule has 224 valence electrons. The Hall–Kier alpha value is -2.46. The van der Waals surface area contributed by atoms with Crippen LogP contribution in [0.25, 0.3) is 11.1 Å². The zero-order valence-electron chi connectivity index (χ0n) is 23.9. The van der Waals surface area contributed by atoms with E-state index in [1.807, 2.05) is 36.8 Å². The third kappa shape index (κ3) is 12.9. The van der Waals surface area contributed by atoms with Gasteiger partial charge in [-0.15, -0.1) is 23.5 Å². The Morgan fingerprint density at radius 3 is 2.46 bits per heavy atom. The molecule has 0 spiro atoms. The quantitative estimate of drug-likeness (QED) is 0.169. The van der Waals surface area contributed by atoms with Crippen molar-refractivity contribution in [3.63, 3.8) is 0 Å². The maximum atomic E-state index is 12.8. The predicted octanol–water partition coefficient (Wildman–Crippen LogP) is 8.02. The van der Waals surface area contributed by atoms with Crippen molar-refractivity contribution in [1.29, 1.82) is 0 Å². The molecule has 1 saturated carbocycles. The molecule has 41 heavy (non-hydrogen) atoms. The van der Waals surface area contributed by atoms with Crippen LogP contribution in [-0.4, -0.2) is 36.3 Å². The SMILES string of the molecule is C/C=C(/CNCO)SC/C=C/C=C\SC.C[C@@H]1CCCC1C(=O)NCc1ccc(-c2cccc(C(F)(F)F)c2)cc1. The second-order valence-corrected chi connectivity index (χ2v) is 11.5. The fourth-order valence-corrected chi connectivity index (χ4v) is 5.41. The monoisotopic (exact) mass is 606 g/mol. The number of halogens is 3. The van der Waals surface area contributed by atoms with Gasteiger partial charge in [-0.05, 0) is 71.1 Å². The highest BCUT2D eigenvalue weighted by atomic mass is 32.2. The second kappa shape index (κ2) is 18.9. The van der Waals surface area contributed by atoms with Crippen LogP contribution in [0.4, 0.5) is 13.2 Å². The van der Waals surface area contributed by atoms with Gasteiger partial charge in [-0.1, -0.05) is 74.0 Å². The lowest BCUT2D eigenvalue weighted by Crippen LogP contribution is -2.31. The van der Waals surface area contributed by atoms with Crippen molar-refractivity contribution in [3.05, 3.63) is 94.3 Å². The van der Waals surface area contributed by atoms with Gasteiger partial charge < -0.3 is 10.4 Å². The van der Waals surface area contributed by atoms with Crippen molar-refractivity contribution in [3.8, 4) is 11.1 Å². The van der Waals surface area contributed by atoms with Gasteiger partial charge in [0.05, 0.1) is 12.3 Å². The standard InChI is InChI=1S/C21H22F3NO.C11H19NOS2/c1-14-4-2-7-19(14)20(26)25-13-15-8-10-16(11-9-15)17-5-3-6-18(12-17)21(22,23)24;1-3-11(9-12-10-13)15-8-6-4-5-7-14-2/h3,5-6,8-12,14,19H,2,4,7,13H2,1H3,(H,25,26);3-7,12-13H,8-10H2,1-2H3/b;6-4+,7-5-,11-3-/t14-,19?;/m1./s1. The summed E-state index contributed by atoms with van der Waals surface area (Å²) in [5.74, 6) is 1.58. The molecule has 1 aliphatic rings. The van der Waals surface area contributed by atoms with Crippen molar-refractivity contribution < 1.29 is 23.1 Å². The van der Waals surface area contributed by atoms with Gasteiger partial charge in [0.25, 0.3) is 0 Å². The highest BCUT2D eigenvalue weighted by molar-refractivity contribution is 8.03. The largest absolute Gasteiger partial charge is 0.416 e. The molecule has 3 rings (SSSR count). The van der Waals surface area contributed by atoms with Gasteiger partial charge in [0.15, 0.2) is 0 Å². The first-order valence-corrected chi connectivity index (χ1v) is 15.9. The normalized spacial score (nSPS) is 17.6. The summed E-state index contributed by atoms with van der Waals surface area (Å²) in [7, 11) is 0. The Morgan fingerprint density at radius 1 is 1.10 bits per heavy atom. The van der Waals surface area contributed by atoms with Gasteiger partial charge in [-0.3, -0.25) is 10.1 Å². The third-order valence-electron chi connectivity index (χ3n) is 6.70. The smallest absolute Gasteiger partial charge is 0.381 e. The third-order valence-corrected chi connectivity index (χ3v) is 8.24. The van der Waals surface area contributed by atoms with Crippen LogP contribution in [0.3, 0.4) is 0 Å². The molecule has 3 N–H and O–H groups in total. The molecule has 0 bridgehead atoms. The van der Waals surface area contributed by atoms with Crippen molar-refractivity contribution in [1.82, 2.24) is 10.6 Å². The zero-order valence-corrected chi connectivity index (χ0v) is 25.5. The van der Waals surface area contributed by atoms with E-state index >= 15 is 0 Å². The van der Waals surface area contributed by atoms with Gasteiger partial charge >= 0.3 is 6.18 Å². The molecule has 2 aromatic rings. The highest BCUT2D eigenvalue weighted by Crippen LogP contribution is 2.33. The van der Waals surface area contributed by atoms with Crippen LogP contribution in [0.5, 0.6) is 0 Å². The summed E-state index contributed by atoms with van der Waals surface area (Å²) in [4.78, 5) is 13.5. The number of aliphatic hydroxyl groups is 1. The highest BCUT2D eigenvalue weighted by Gasteiger charge is 2.30. The minimum Gasteiger partial charge on any atom is -0.381 e. The van der Waals surface area contributed by atoms with Gasteiger partial charge in [0.2, 0.25) is 5.91 Å². The number of hydrogen-bond donors (Lipinski definition) is 3. The number of carbonyl (C=O) groups is 1. The molecule has 1 aliphatic carbocycles. The average Bonchev–Trinajstić information content (AvgIpc) is 3.41. The van der Waals surface area contributed by atoms with E-state index in [4.69, 9.17) is 5.11 Å². The van der Waals surface area contributed by atoms with Crippen LogP contribution in [0.1, 0.15) is 44.2 Å². The number of hydrogen-bond acceptors (Lipinski definition) is 5. The second-order valence-electron chi connectivity index (χ2n) is 9.65. The molecule has 0 radical (unpaired) electrons. The first-order chi connectivity index (χ1) is 19.7. The minimum absolute atomic E-state index is 0.0319. The number of thioether (sulfide) groups is 2. The molecule has 2 atom stereocenters. The average molecular weight is 607 g/mol. The summed E-state index contributed by atoms with van der Waals surface area (Å²) >= 11 is 3.47. The van der Waals surface area contributed by atoms with Crippen LogP contribution in [0, 0.1) is 11.8 Å². The molecular weight excluding hydrogens is 565 g/mol. The number of allylic oxidation sites excluding steroid dienone is 3. The van der Waals surface area contributed by atoms with Crippen LogP contribution < -0.4 is 10.6 Å². The van der Waals surface area contributed by atoms with E-state index < -0.39 is 11.7 Å². The molecule has 0 heterocycles. The predicted molar refractivity (Wildman–Crippen MR) is 168 cm³/mol. The Kier molecular flexibility index (Phi) is 16.0. The lowest BCUT2D eigenvalue weighted by Gasteiger charge is -2.15. The van der Waals surface area contributed by atoms with Crippen LogP contribution in [0.15, 0.2) is 83.1 Å². The molecule has 1 amide bonds. The van der Waals surface area contributed by atoms with Crippen molar-refractivity contribution >= 4 is 29.4 Å². The first-order valence-electron chi connectivity index (χ1n) is 13.7. The molecular formula is C32H41F3N2O2S2. The summed E-state index contributed by atoms with van der Waals surface area (Å²) < 4.78 is 38.5. The van der Waals surface area contributed by atoms with E-state index in [1.54, 1.807) is 41.7 Å². The lowest BCUT2D eigenvalue weighted by atomic mass is 9.97. The number of carbonyl (C=O) groups excluding carboxylic acids is 1. The Bertz CT molecular complexity index is 1150. The van der Waals surface area contributed by atoms with E-state index in [-0.39, 0.29) is 18.6 Å². The van der Waals surface area contributed by atoms with E-state index in [0.717, 1.165) is 54.8 Å². The van der Waals surface area contributed by atoms with Crippen molar-refractivity contribution in [2.24, 2.45) is 11.8 Å². The maximum Gasteiger partial charge on any atom is 0.416 e. The van der Waals surface area contributed by atoms with Gasteiger partial charge in [0.1, 0.15) is 0 Å². The Morgan fingerprint density at radius 2 is 1.85 bits per heavy atom. The summed E-state index contributed by atoms with van der Waals surface area (Å²) in [5.41, 5.74) is 1.52. The fourth-order valence-electron chi connectivity index (χ4n) is 4.37. The summed E-state index contributed by atoms with van der Waals surface area (Å²) in [6.07, 6.45) is 9.12. The molecule has 0 saturated heterocycles. The fraction of sp³-hybridized carbons (Fsp3) is 0.406. The first kappa shape index (κ1) is 34.7. The number of amides is 1. The number of alkyl halides is 3. The van der Waals surface area contributed by atoms with Gasteiger partial charge in [-0.25, -0.2) is 0 Å². The zero-order chi connectivity index (χ0) is 30.1. The minimum atomic E-state index is -4.35. The molecule has 2 aromatic carbocycles. The van der Waals surface area contributed by atoms with Crippen LogP contribution in [-0.2, 0) is 17.5 Å². The molecule has 0 aromatic heterocycles. The number of aliphatic hydroxyl groups excluding tert-OH is 1. The van der Waals surface area contributed by atoms with Crippen molar-refractivity contribution in [2.75, 3.05) is 25.3 Å². The maximum absolute atomic E-state index is 12.8. The molecule has 1 fully saturated rings. The summed E-state index contributed by atoms with van der Waals surface area (Å²) in [6.45, 7) is 5.33. The van der Waals surface area contributed by atoms with Crippen LogP contribution >= 0.6 is 23.5 Å². The topological polar surface area (TPSA) is 61.4 Å². The van der Waals surface area contributed by atoms with E-state index in [1.165, 1.54) is 11.0 Å². The Balaban J connectivity index is 0.000000337. The van der Waals surface area contributed by atoms with E-state index in [0.29, 0.717) is 18.0 Å². The Labute approximate surface area is 251 Å². The number of rotatable bonds is 12. The molecule has 0 aliphatic heterocycles. The molecule has 4 nitrogen and oxygen atoms in total. The van der Waals surface area contributed by atoms with Gasteiger partial charge in [0, 0.05) is 24.8 Å². The number of nitrogens with one attached hydrogen (secondary N) is 2. The molecule has 1 unspecified atom stereocenters. The van der Waals surface area contributed by atoms with E-state index in [9.17, 15) is 18.0 Å². The molecule has 9 heteroatoms. The van der Waals surface area contributed by atoms with Crippen molar-refractivity contribution in [2.45, 2.75) is 45.8 Å².